The van der Waals surface area contributed by atoms with Gasteiger partial charge in [-0.1, -0.05) is 0 Å². The Morgan fingerprint density at radius 2 is 1.52 bits per heavy atom. The van der Waals surface area contributed by atoms with Gasteiger partial charge in [0.1, 0.15) is 5.82 Å². The largest absolute Gasteiger partial charge is 0.493 e. The van der Waals surface area contributed by atoms with Crippen LogP contribution in [0.5, 0.6) is 11.5 Å². The van der Waals surface area contributed by atoms with Gasteiger partial charge in [0.05, 0.1) is 14.2 Å². The summed E-state index contributed by atoms with van der Waals surface area (Å²) in [7, 11) is 7.23. The predicted molar refractivity (Wildman–Crippen MR) is 109 cm³/mol. The average molecular weight is 365 g/mol. The van der Waals surface area contributed by atoms with Crippen LogP contribution in [0.3, 0.4) is 0 Å². The molecule has 0 saturated heterocycles. The summed E-state index contributed by atoms with van der Waals surface area (Å²) in [6.07, 6.45) is 1.70. The molecule has 3 aromatic rings. The van der Waals surface area contributed by atoms with Crippen LogP contribution in [0.15, 0.2) is 54.7 Å². The lowest BCUT2D eigenvalue weighted by molar-refractivity contribution is 0.355. The molecule has 7 heteroatoms. The van der Waals surface area contributed by atoms with Crippen molar-refractivity contribution >= 4 is 28.8 Å². The van der Waals surface area contributed by atoms with Crippen molar-refractivity contribution in [1.29, 1.82) is 0 Å². The molecule has 0 aliphatic rings. The van der Waals surface area contributed by atoms with Crippen molar-refractivity contribution in [2.45, 2.75) is 0 Å². The minimum absolute atomic E-state index is 0.512. The number of hydrogen-bond donors (Lipinski definition) is 2. The second kappa shape index (κ2) is 8.27. The van der Waals surface area contributed by atoms with Crippen LogP contribution in [0.1, 0.15) is 0 Å². The number of hydrogen-bond acceptors (Lipinski definition) is 7. The molecule has 1 heterocycles. The van der Waals surface area contributed by atoms with Crippen molar-refractivity contribution in [1.82, 2.24) is 9.97 Å². The molecule has 0 fully saturated rings. The van der Waals surface area contributed by atoms with Gasteiger partial charge < -0.3 is 25.0 Å². The third kappa shape index (κ3) is 4.58. The van der Waals surface area contributed by atoms with E-state index in [1.54, 1.807) is 26.5 Å². The molecule has 0 bridgehead atoms. The van der Waals surface area contributed by atoms with E-state index in [1.165, 1.54) is 0 Å². The van der Waals surface area contributed by atoms with Crippen LogP contribution < -0.4 is 25.0 Å². The lowest BCUT2D eigenvalue weighted by atomic mass is 10.2. The van der Waals surface area contributed by atoms with Gasteiger partial charge in [0.15, 0.2) is 11.5 Å². The van der Waals surface area contributed by atoms with Gasteiger partial charge in [-0.15, -0.1) is 0 Å². The van der Waals surface area contributed by atoms with Crippen molar-refractivity contribution in [3.8, 4) is 11.5 Å². The highest BCUT2D eigenvalue weighted by Gasteiger charge is 2.06. The average Bonchev–Trinajstić information content (AvgIpc) is 2.68. The highest BCUT2D eigenvalue weighted by molar-refractivity contribution is 5.63. The van der Waals surface area contributed by atoms with Crippen LogP contribution in [-0.2, 0) is 0 Å². The van der Waals surface area contributed by atoms with Gasteiger partial charge in [-0.25, -0.2) is 4.98 Å². The number of nitrogens with zero attached hydrogens (tertiary/aromatic N) is 3. The molecule has 0 unspecified atom stereocenters. The maximum atomic E-state index is 5.33. The van der Waals surface area contributed by atoms with E-state index in [-0.39, 0.29) is 0 Å². The van der Waals surface area contributed by atoms with Crippen molar-refractivity contribution in [2.75, 3.05) is 43.8 Å². The zero-order valence-corrected chi connectivity index (χ0v) is 15.9. The molecular formula is C20H23N5O2. The summed E-state index contributed by atoms with van der Waals surface area (Å²) in [4.78, 5) is 10.8. The van der Waals surface area contributed by atoms with Gasteiger partial charge in [0.25, 0.3) is 0 Å². The first-order chi connectivity index (χ1) is 13.1. The first-order valence-corrected chi connectivity index (χ1v) is 8.45. The smallest absolute Gasteiger partial charge is 0.229 e. The Labute approximate surface area is 159 Å². The number of anilines is 5. The van der Waals surface area contributed by atoms with Crippen molar-refractivity contribution in [3.63, 3.8) is 0 Å². The van der Waals surface area contributed by atoms with E-state index in [1.807, 2.05) is 61.5 Å². The minimum atomic E-state index is 0.512. The van der Waals surface area contributed by atoms with E-state index in [0.717, 1.165) is 17.1 Å². The van der Waals surface area contributed by atoms with Crippen molar-refractivity contribution in [2.24, 2.45) is 0 Å². The van der Waals surface area contributed by atoms with Crippen molar-refractivity contribution < 1.29 is 9.47 Å². The molecule has 0 aliphatic carbocycles. The number of rotatable bonds is 7. The molecule has 0 aliphatic heterocycles. The molecule has 27 heavy (non-hydrogen) atoms. The van der Waals surface area contributed by atoms with Crippen LogP contribution in [-0.4, -0.2) is 38.3 Å². The maximum Gasteiger partial charge on any atom is 0.229 e. The number of methoxy groups -OCH3 is 2. The molecule has 2 aromatic carbocycles. The summed E-state index contributed by atoms with van der Waals surface area (Å²) in [6.45, 7) is 0. The van der Waals surface area contributed by atoms with Crippen molar-refractivity contribution in [3.05, 3.63) is 54.7 Å². The first-order valence-electron chi connectivity index (χ1n) is 8.45. The standard InChI is InChI=1S/C20H23N5O2/c1-25(2)16-8-5-14(6-9-16)23-20-21-12-11-19(24-20)22-15-7-10-17(26-3)18(13-15)27-4/h5-13H,1-4H3,(H2,21,22,23,24). The minimum Gasteiger partial charge on any atom is -0.493 e. The number of benzene rings is 2. The lowest BCUT2D eigenvalue weighted by Crippen LogP contribution is -2.08. The molecular weight excluding hydrogens is 342 g/mol. The molecule has 0 radical (unpaired) electrons. The Hall–Kier alpha value is -3.48. The van der Waals surface area contributed by atoms with Crippen LogP contribution in [0, 0.1) is 0 Å². The van der Waals surface area contributed by atoms with E-state index in [0.29, 0.717) is 23.3 Å². The van der Waals surface area contributed by atoms with Gasteiger partial charge in [0, 0.05) is 43.4 Å². The van der Waals surface area contributed by atoms with E-state index < -0.39 is 0 Å². The summed E-state index contributed by atoms with van der Waals surface area (Å²) in [5, 5.41) is 6.46. The summed E-state index contributed by atoms with van der Waals surface area (Å²) in [6, 6.07) is 15.5. The normalized spacial score (nSPS) is 10.2. The summed E-state index contributed by atoms with van der Waals surface area (Å²) >= 11 is 0. The summed E-state index contributed by atoms with van der Waals surface area (Å²) in [5.74, 6) is 2.51. The highest BCUT2D eigenvalue weighted by atomic mass is 16.5. The van der Waals surface area contributed by atoms with Gasteiger partial charge in [-0.05, 0) is 42.5 Å². The van der Waals surface area contributed by atoms with E-state index in [4.69, 9.17) is 9.47 Å². The molecule has 7 nitrogen and oxygen atoms in total. The van der Waals surface area contributed by atoms with Crippen LogP contribution in [0.2, 0.25) is 0 Å². The summed E-state index contributed by atoms with van der Waals surface area (Å²) in [5.41, 5.74) is 2.89. The molecule has 0 atom stereocenters. The fourth-order valence-electron chi connectivity index (χ4n) is 2.52. The Morgan fingerprint density at radius 3 is 2.19 bits per heavy atom. The number of nitrogens with one attached hydrogen (secondary N) is 2. The summed E-state index contributed by atoms with van der Waals surface area (Å²) < 4.78 is 10.6. The molecule has 0 saturated carbocycles. The SMILES string of the molecule is COc1ccc(Nc2ccnc(Nc3ccc(N(C)C)cc3)n2)cc1OC. The maximum absolute atomic E-state index is 5.33. The van der Waals surface area contributed by atoms with Gasteiger partial charge in [0.2, 0.25) is 5.95 Å². The third-order valence-electron chi connectivity index (χ3n) is 3.95. The molecule has 3 rings (SSSR count). The monoisotopic (exact) mass is 365 g/mol. The van der Waals surface area contributed by atoms with Crippen LogP contribution in [0.4, 0.5) is 28.8 Å². The van der Waals surface area contributed by atoms with Gasteiger partial charge in [-0.3, -0.25) is 0 Å². The zero-order chi connectivity index (χ0) is 19.2. The molecule has 1 aromatic heterocycles. The Bertz CT molecular complexity index is 897. The van der Waals surface area contributed by atoms with E-state index in [2.05, 4.69) is 20.6 Å². The lowest BCUT2D eigenvalue weighted by Gasteiger charge is -2.13. The van der Waals surface area contributed by atoms with E-state index in [9.17, 15) is 0 Å². The molecule has 0 amide bonds. The fourth-order valence-corrected chi connectivity index (χ4v) is 2.52. The Balaban J connectivity index is 1.73. The third-order valence-corrected chi connectivity index (χ3v) is 3.95. The molecule has 140 valence electrons. The number of aromatic nitrogens is 2. The van der Waals surface area contributed by atoms with Gasteiger partial charge >= 0.3 is 0 Å². The highest BCUT2D eigenvalue weighted by Crippen LogP contribution is 2.31. The quantitative estimate of drug-likeness (QED) is 0.654. The Morgan fingerprint density at radius 1 is 0.815 bits per heavy atom. The topological polar surface area (TPSA) is 71.5 Å². The molecule has 0 spiro atoms. The number of ether oxygens (including phenoxy) is 2. The van der Waals surface area contributed by atoms with Crippen LogP contribution in [0.25, 0.3) is 0 Å². The first kappa shape index (κ1) is 18.3. The fraction of sp³-hybridized carbons (Fsp3) is 0.200. The Kier molecular flexibility index (Phi) is 5.61. The van der Waals surface area contributed by atoms with Crippen LogP contribution >= 0.6 is 0 Å². The van der Waals surface area contributed by atoms with E-state index >= 15 is 0 Å². The second-order valence-electron chi connectivity index (χ2n) is 6.03. The zero-order valence-electron chi connectivity index (χ0n) is 15.9. The van der Waals surface area contributed by atoms with Gasteiger partial charge in [-0.2, -0.15) is 4.98 Å². The second-order valence-corrected chi connectivity index (χ2v) is 6.03. The predicted octanol–water partition coefficient (Wildman–Crippen LogP) is 4.05. The molecule has 2 N–H and O–H groups in total.